The molecule has 132 valence electrons. The molecule has 2 heterocycles. The molecule has 25 heavy (non-hydrogen) atoms. The molecule has 0 saturated carbocycles. The zero-order valence-corrected chi connectivity index (χ0v) is 15.8. The Morgan fingerprint density at radius 1 is 1.16 bits per heavy atom. The maximum Gasteiger partial charge on any atom is 0.264 e. The summed E-state index contributed by atoms with van der Waals surface area (Å²) in [5.41, 5.74) is 3.43. The number of nitrogens with one attached hydrogen (secondary N) is 1. The van der Waals surface area contributed by atoms with Crippen LogP contribution in [0.4, 0.5) is 5.69 Å². The van der Waals surface area contributed by atoms with Crippen LogP contribution >= 0.6 is 0 Å². The second-order valence-corrected chi connectivity index (χ2v) is 8.47. The molecule has 2 aromatic heterocycles. The monoisotopic (exact) mass is 357 g/mol. The van der Waals surface area contributed by atoms with Crippen LogP contribution in [-0.4, -0.2) is 18.0 Å². The quantitative estimate of drug-likeness (QED) is 0.747. The molecule has 0 aliphatic carbocycles. The predicted octanol–water partition coefficient (Wildman–Crippen LogP) is 4.11. The first-order valence-electron chi connectivity index (χ1n) is 8.32. The van der Waals surface area contributed by atoms with Crippen molar-refractivity contribution in [3.8, 4) is 0 Å². The van der Waals surface area contributed by atoms with Gasteiger partial charge in [0.25, 0.3) is 10.0 Å². The third-order valence-corrected chi connectivity index (χ3v) is 5.62. The summed E-state index contributed by atoms with van der Waals surface area (Å²) in [6.07, 6.45) is 3.37. The Balaban J connectivity index is 2.06. The Hall–Kier alpha value is -2.34. The smallest absolute Gasteiger partial charge is 0.264 e. The molecule has 1 N–H and O–H groups in total. The van der Waals surface area contributed by atoms with Gasteiger partial charge >= 0.3 is 0 Å². The molecule has 0 radical (unpaired) electrons. The number of nitrogens with zero attached hydrogens (tertiary/aromatic N) is 2. The van der Waals surface area contributed by atoms with Gasteiger partial charge in [0.1, 0.15) is 10.5 Å². The summed E-state index contributed by atoms with van der Waals surface area (Å²) in [6, 6.07) is 9.10. The summed E-state index contributed by atoms with van der Waals surface area (Å²) in [5.74, 6) is 0.390. The van der Waals surface area contributed by atoms with E-state index in [9.17, 15) is 8.42 Å². The highest BCUT2D eigenvalue weighted by atomic mass is 32.2. The first kappa shape index (κ1) is 17.5. The van der Waals surface area contributed by atoms with Crippen molar-refractivity contribution in [3.63, 3.8) is 0 Å². The minimum absolute atomic E-state index is 0.259. The van der Waals surface area contributed by atoms with Gasteiger partial charge in [-0.25, -0.2) is 13.4 Å². The number of hydrogen-bond donors (Lipinski definition) is 1. The Morgan fingerprint density at radius 3 is 2.60 bits per heavy atom. The summed E-state index contributed by atoms with van der Waals surface area (Å²) in [7, 11) is -3.70. The van der Waals surface area contributed by atoms with Crippen molar-refractivity contribution < 1.29 is 8.42 Å². The number of hydrogen-bond acceptors (Lipinski definition) is 3. The molecule has 3 aromatic rings. The molecule has 0 atom stereocenters. The van der Waals surface area contributed by atoms with Gasteiger partial charge in [-0.2, -0.15) is 0 Å². The van der Waals surface area contributed by atoms with Crippen molar-refractivity contribution in [2.75, 3.05) is 4.72 Å². The van der Waals surface area contributed by atoms with Crippen molar-refractivity contribution in [1.82, 2.24) is 9.55 Å². The van der Waals surface area contributed by atoms with E-state index in [0.717, 1.165) is 11.1 Å². The summed E-state index contributed by atoms with van der Waals surface area (Å²) >= 11 is 0. The van der Waals surface area contributed by atoms with E-state index in [-0.39, 0.29) is 4.90 Å². The van der Waals surface area contributed by atoms with Crippen molar-refractivity contribution in [1.29, 1.82) is 0 Å². The van der Waals surface area contributed by atoms with E-state index < -0.39 is 10.0 Å². The number of aromatic nitrogens is 2. The third kappa shape index (κ3) is 3.54. The Morgan fingerprint density at radius 2 is 1.92 bits per heavy atom. The van der Waals surface area contributed by atoms with Crippen LogP contribution in [-0.2, 0) is 16.6 Å². The van der Waals surface area contributed by atoms with Crippen molar-refractivity contribution in [2.24, 2.45) is 5.92 Å². The van der Waals surface area contributed by atoms with Crippen LogP contribution in [0.5, 0.6) is 0 Å². The SMILES string of the molecule is Cc1ccc(NS(=O)(=O)c2cn(CC(C)C)c3ncccc23)cc1C. The molecule has 0 bridgehead atoms. The van der Waals surface area contributed by atoms with E-state index in [1.807, 2.05) is 30.5 Å². The fraction of sp³-hybridized carbons (Fsp3) is 0.316. The lowest BCUT2D eigenvalue weighted by molar-refractivity contribution is 0.530. The molecule has 0 spiro atoms. The molecule has 0 amide bonds. The fourth-order valence-corrected chi connectivity index (χ4v) is 4.11. The lowest BCUT2D eigenvalue weighted by Gasteiger charge is -2.09. The van der Waals surface area contributed by atoms with Crippen molar-refractivity contribution >= 4 is 26.7 Å². The minimum Gasteiger partial charge on any atom is -0.331 e. The van der Waals surface area contributed by atoms with Gasteiger partial charge in [-0.15, -0.1) is 0 Å². The maximum absolute atomic E-state index is 13.0. The summed E-state index contributed by atoms with van der Waals surface area (Å²) in [5, 5.41) is 0.638. The average Bonchev–Trinajstić information content (AvgIpc) is 2.90. The van der Waals surface area contributed by atoms with Gasteiger partial charge in [-0.1, -0.05) is 19.9 Å². The Kier molecular flexibility index (Phi) is 4.56. The lowest BCUT2D eigenvalue weighted by Crippen LogP contribution is -2.13. The van der Waals surface area contributed by atoms with Gasteiger partial charge in [-0.05, 0) is 55.2 Å². The Bertz CT molecular complexity index is 1020. The second kappa shape index (κ2) is 6.52. The zero-order chi connectivity index (χ0) is 18.2. The molecule has 0 fully saturated rings. The molecule has 5 nitrogen and oxygen atoms in total. The summed E-state index contributed by atoms with van der Waals surface area (Å²) in [6.45, 7) is 8.86. The maximum atomic E-state index is 13.0. The highest BCUT2D eigenvalue weighted by Crippen LogP contribution is 2.27. The van der Waals surface area contributed by atoms with Gasteiger partial charge in [-0.3, -0.25) is 4.72 Å². The minimum atomic E-state index is -3.70. The van der Waals surface area contributed by atoms with Crippen LogP contribution in [0.2, 0.25) is 0 Å². The first-order valence-corrected chi connectivity index (χ1v) is 9.80. The third-order valence-electron chi connectivity index (χ3n) is 4.21. The largest absolute Gasteiger partial charge is 0.331 e. The molecule has 6 heteroatoms. The average molecular weight is 357 g/mol. The molecular weight excluding hydrogens is 334 g/mol. The van der Waals surface area contributed by atoms with Gasteiger partial charge in [0.05, 0.1) is 0 Å². The number of fused-ring (bicyclic) bond motifs is 1. The van der Waals surface area contributed by atoms with E-state index in [0.29, 0.717) is 29.2 Å². The molecular formula is C19H23N3O2S. The van der Waals surface area contributed by atoms with E-state index in [1.165, 1.54) is 0 Å². The molecule has 1 aromatic carbocycles. The molecule has 0 aliphatic rings. The number of aryl methyl sites for hydroxylation is 2. The number of benzene rings is 1. The van der Waals surface area contributed by atoms with E-state index >= 15 is 0 Å². The van der Waals surface area contributed by atoms with Crippen LogP contribution in [0, 0.1) is 19.8 Å². The zero-order valence-electron chi connectivity index (χ0n) is 14.9. The van der Waals surface area contributed by atoms with E-state index in [2.05, 4.69) is 23.6 Å². The van der Waals surface area contributed by atoms with Gasteiger partial charge in [0.2, 0.25) is 0 Å². The lowest BCUT2D eigenvalue weighted by atomic mass is 10.1. The van der Waals surface area contributed by atoms with E-state index in [4.69, 9.17) is 0 Å². The van der Waals surface area contributed by atoms with Crippen LogP contribution in [0.3, 0.4) is 0 Å². The van der Waals surface area contributed by atoms with Gasteiger partial charge in [0, 0.05) is 30.0 Å². The van der Waals surface area contributed by atoms with Crippen LogP contribution in [0.1, 0.15) is 25.0 Å². The number of rotatable bonds is 5. The molecule has 3 rings (SSSR count). The van der Waals surface area contributed by atoms with Crippen molar-refractivity contribution in [2.45, 2.75) is 39.1 Å². The van der Waals surface area contributed by atoms with Gasteiger partial charge < -0.3 is 4.57 Å². The predicted molar refractivity (Wildman–Crippen MR) is 101 cm³/mol. The van der Waals surface area contributed by atoms with Gasteiger partial charge in [0.15, 0.2) is 0 Å². The van der Waals surface area contributed by atoms with Crippen LogP contribution < -0.4 is 4.72 Å². The Labute approximate surface area is 148 Å². The number of sulfonamides is 1. The van der Waals surface area contributed by atoms with Crippen LogP contribution in [0.15, 0.2) is 47.6 Å². The summed E-state index contributed by atoms with van der Waals surface area (Å²) in [4.78, 5) is 4.63. The standard InChI is InChI=1S/C19H23N3O2S/c1-13(2)11-22-12-18(17-6-5-9-20-19(17)22)25(23,24)21-16-8-7-14(3)15(4)10-16/h5-10,12-13,21H,11H2,1-4H3. The number of pyridine rings is 1. The molecule has 0 aliphatic heterocycles. The topological polar surface area (TPSA) is 64.0 Å². The fourth-order valence-electron chi connectivity index (χ4n) is 2.85. The highest BCUT2D eigenvalue weighted by Gasteiger charge is 2.22. The number of anilines is 1. The normalized spacial score (nSPS) is 12.0. The highest BCUT2D eigenvalue weighted by molar-refractivity contribution is 7.93. The van der Waals surface area contributed by atoms with Crippen LogP contribution in [0.25, 0.3) is 11.0 Å². The molecule has 0 saturated heterocycles. The van der Waals surface area contributed by atoms with E-state index in [1.54, 1.807) is 30.6 Å². The second-order valence-electron chi connectivity index (χ2n) is 6.82. The van der Waals surface area contributed by atoms with Crippen molar-refractivity contribution in [3.05, 3.63) is 53.9 Å². The first-order chi connectivity index (χ1) is 11.8. The molecule has 0 unspecified atom stereocenters. The summed E-state index contributed by atoms with van der Waals surface area (Å²) < 4.78 is 30.5.